The second kappa shape index (κ2) is 8.90. The van der Waals surface area contributed by atoms with E-state index < -0.39 is 10.0 Å². The summed E-state index contributed by atoms with van der Waals surface area (Å²) in [7, 11) is 0.403. The first-order valence-electron chi connectivity index (χ1n) is 8.74. The Balaban J connectivity index is 1.96. The molecule has 0 aliphatic heterocycles. The lowest BCUT2D eigenvalue weighted by atomic mass is 10.1. The minimum Gasteiger partial charge on any atom is -0.378 e. The van der Waals surface area contributed by atoms with Crippen LogP contribution in [0, 0.1) is 6.92 Å². The Morgan fingerprint density at radius 1 is 0.963 bits per heavy atom. The molecule has 0 spiro atoms. The number of carbonyl (C=O) groups excluding carboxylic acids is 1. The lowest BCUT2D eigenvalue weighted by Gasteiger charge is -2.23. The molecule has 7 heteroatoms. The van der Waals surface area contributed by atoms with Crippen molar-refractivity contribution in [3.63, 3.8) is 0 Å². The molecule has 0 atom stereocenters. The van der Waals surface area contributed by atoms with Crippen molar-refractivity contribution in [1.82, 2.24) is 5.32 Å². The molecule has 0 fully saturated rings. The molecule has 2 aromatic carbocycles. The zero-order chi connectivity index (χ0) is 20.0. The molecule has 0 unspecified atom stereocenters. The number of hydrogen-bond acceptors (Lipinski definition) is 4. The lowest BCUT2D eigenvalue weighted by Crippen LogP contribution is -2.38. The van der Waals surface area contributed by atoms with Crippen LogP contribution in [0.3, 0.4) is 0 Å². The number of sulfonamides is 1. The number of amides is 1. The Kier molecular flexibility index (Phi) is 6.85. The van der Waals surface area contributed by atoms with Crippen molar-refractivity contribution in [2.45, 2.75) is 13.3 Å². The first-order valence-corrected chi connectivity index (χ1v) is 10.6. The van der Waals surface area contributed by atoms with Gasteiger partial charge in [0.25, 0.3) is 0 Å². The third-order valence-electron chi connectivity index (χ3n) is 4.18. The highest BCUT2D eigenvalue weighted by Crippen LogP contribution is 2.21. The molecule has 2 aromatic rings. The molecule has 0 saturated heterocycles. The summed E-state index contributed by atoms with van der Waals surface area (Å²) in [4.78, 5) is 14.0. The Bertz CT molecular complexity index is 860. The van der Waals surface area contributed by atoms with Crippen molar-refractivity contribution < 1.29 is 13.2 Å². The van der Waals surface area contributed by atoms with Crippen molar-refractivity contribution in [3.05, 3.63) is 59.7 Å². The summed E-state index contributed by atoms with van der Waals surface area (Å²) >= 11 is 0. The average molecular weight is 390 g/mol. The maximum absolute atomic E-state index is 12.2. The summed E-state index contributed by atoms with van der Waals surface area (Å²) in [5.41, 5.74) is 3.63. The fraction of sp³-hybridized carbons (Fsp3) is 0.350. The van der Waals surface area contributed by atoms with Gasteiger partial charge >= 0.3 is 0 Å². The average Bonchev–Trinajstić information content (AvgIpc) is 2.60. The Labute approximate surface area is 161 Å². The maximum atomic E-state index is 12.2. The number of nitrogens with one attached hydrogen (secondary N) is 1. The summed E-state index contributed by atoms with van der Waals surface area (Å²) in [6.07, 6.45) is 1.44. The van der Waals surface area contributed by atoms with E-state index in [4.69, 9.17) is 0 Å². The van der Waals surface area contributed by atoms with E-state index in [9.17, 15) is 13.2 Å². The second-order valence-corrected chi connectivity index (χ2v) is 8.67. The number of anilines is 2. The molecule has 0 aliphatic rings. The summed E-state index contributed by atoms with van der Waals surface area (Å²) in [6, 6.07) is 15.0. The van der Waals surface area contributed by atoms with Gasteiger partial charge in [-0.1, -0.05) is 29.8 Å². The first kappa shape index (κ1) is 20.8. The molecule has 0 aliphatic carbocycles. The Hall–Kier alpha value is -2.54. The van der Waals surface area contributed by atoms with Gasteiger partial charge in [0.05, 0.1) is 24.9 Å². The van der Waals surface area contributed by atoms with E-state index in [1.165, 1.54) is 10.6 Å². The predicted molar refractivity (Wildman–Crippen MR) is 111 cm³/mol. The van der Waals surface area contributed by atoms with E-state index >= 15 is 0 Å². The second-order valence-electron chi connectivity index (χ2n) is 6.76. The highest BCUT2D eigenvalue weighted by molar-refractivity contribution is 7.92. The topological polar surface area (TPSA) is 69.7 Å². The number of nitrogens with zero attached hydrogens (tertiary/aromatic N) is 2. The van der Waals surface area contributed by atoms with E-state index in [1.807, 2.05) is 62.3 Å². The summed E-state index contributed by atoms with van der Waals surface area (Å²) < 4.78 is 25.6. The van der Waals surface area contributed by atoms with Gasteiger partial charge in [-0.25, -0.2) is 8.42 Å². The van der Waals surface area contributed by atoms with Crippen molar-refractivity contribution in [1.29, 1.82) is 0 Å². The van der Waals surface area contributed by atoms with Crippen molar-refractivity contribution >= 4 is 27.3 Å². The third kappa shape index (κ3) is 6.29. The van der Waals surface area contributed by atoms with Gasteiger partial charge in [0.2, 0.25) is 15.9 Å². The standard InChI is InChI=1S/C20H27N3O3S/c1-16-5-7-17(8-6-16)15-20(24)21-13-14-23(27(4,25)26)19-11-9-18(10-12-19)22(2)3/h5-12H,13-15H2,1-4H3,(H,21,24). The molecule has 27 heavy (non-hydrogen) atoms. The number of rotatable bonds is 8. The van der Waals surface area contributed by atoms with Gasteiger partial charge < -0.3 is 10.2 Å². The van der Waals surface area contributed by atoms with Gasteiger partial charge in [-0.05, 0) is 36.8 Å². The van der Waals surface area contributed by atoms with E-state index in [2.05, 4.69) is 5.32 Å². The number of aryl methyl sites for hydroxylation is 1. The number of carbonyl (C=O) groups is 1. The molecule has 1 amide bonds. The minimum absolute atomic E-state index is 0.129. The van der Waals surface area contributed by atoms with Gasteiger partial charge in [0.15, 0.2) is 0 Å². The van der Waals surface area contributed by atoms with Crippen molar-refractivity contribution in [2.75, 3.05) is 42.6 Å². The van der Waals surface area contributed by atoms with Crippen LogP contribution in [0.5, 0.6) is 0 Å². The van der Waals surface area contributed by atoms with Crippen LogP contribution in [0.15, 0.2) is 48.5 Å². The van der Waals surface area contributed by atoms with Gasteiger partial charge in [-0.3, -0.25) is 9.10 Å². The zero-order valence-corrected chi connectivity index (χ0v) is 17.1. The summed E-state index contributed by atoms with van der Waals surface area (Å²) in [6.45, 7) is 2.42. The van der Waals surface area contributed by atoms with Crippen LogP contribution in [0.25, 0.3) is 0 Å². The minimum atomic E-state index is -3.44. The van der Waals surface area contributed by atoms with Crippen LogP contribution in [-0.4, -0.2) is 47.8 Å². The van der Waals surface area contributed by atoms with E-state index in [0.29, 0.717) is 5.69 Å². The molecular weight excluding hydrogens is 362 g/mol. The van der Waals surface area contributed by atoms with Crippen LogP contribution in [0.4, 0.5) is 11.4 Å². The van der Waals surface area contributed by atoms with Gasteiger partial charge in [0, 0.05) is 26.3 Å². The molecule has 2 rings (SSSR count). The van der Waals surface area contributed by atoms with Crippen molar-refractivity contribution in [2.24, 2.45) is 0 Å². The van der Waals surface area contributed by atoms with Crippen molar-refractivity contribution in [3.8, 4) is 0 Å². The summed E-state index contributed by atoms with van der Waals surface area (Å²) in [5, 5.41) is 2.79. The van der Waals surface area contributed by atoms with Gasteiger partial charge in [0.1, 0.15) is 0 Å². The number of hydrogen-bond donors (Lipinski definition) is 1. The Morgan fingerprint density at radius 3 is 2.04 bits per heavy atom. The Morgan fingerprint density at radius 2 is 1.52 bits per heavy atom. The van der Waals surface area contributed by atoms with E-state index in [1.54, 1.807) is 12.1 Å². The van der Waals surface area contributed by atoms with Crippen LogP contribution >= 0.6 is 0 Å². The van der Waals surface area contributed by atoms with E-state index in [0.717, 1.165) is 16.8 Å². The highest BCUT2D eigenvalue weighted by atomic mass is 32.2. The third-order valence-corrected chi connectivity index (χ3v) is 5.37. The monoisotopic (exact) mass is 389 g/mol. The molecule has 0 saturated carbocycles. The molecular formula is C20H27N3O3S. The summed E-state index contributed by atoms with van der Waals surface area (Å²) in [5.74, 6) is -0.129. The van der Waals surface area contributed by atoms with Crippen LogP contribution in [-0.2, 0) is 21.2 Å². The molecule has 0 radical (unpaired) electrons. The molecule has 1 N–H and O–H groups in total. The molecule has 6 nitrogen and oxygen atoms in total. The highest BCUT2D eigenvalue weighted by Gasteiger charge is 2.17. The fourth-order valence-corrected chi connectivity index (χ4v) is 3.58. The molecule has 146 valence electrons. The largest absolute Gasteiger partial charge is 0.378 e. The zero-order valence-electron chi connectivity index (χ0n) is 16.3. The van der Waals surface area contributed by atoms with Crippen LogP contribution in [0.1, 0.15) is 11.1 Å². The van der Waals surface area contributed by atoms with E-state index in [-0.39, 0.29) is 25.4 Å². The first-order chi connectivity index (χ1) is 12.7. The van der Waals surface area contributed by atoms with Gasteiger partial charge in [-0.15, -0.1) is 0 Å². The predicted octanol–water partition coefficient (Wildman–Crippen LogP) is 2.19. The van der Waals surface area contributed by atoms with Gasteiger partial charge in [-0.2, -0.15) is 0 Å². The maximum Gasteiger partial charge on any atom is 0.232 e. The van der Waals surface area contributed by atoms with Crippen LogP contribution < -0.4 is 14.5 Å². The fourth-order valence-electron chi connectivity index (χ4n) is 2.65. The molecule has 0 heterocycles. The number of benzene rings is 2. The normalized spacial score (nSPS) is 11.1. The SMILES string of the molecule is Cc1ccc(CC(=O)NCCN(c2ccc(N(C)C)cc2)S(C)(=O)=O)cc1. The smallest absolute Gasteiger partial charge is 0.232 e. The molecule has 0 bridgehead atoms. The molecule has 0 aromatic heterocycles. The van der Waals surface area contributed by atoms with Crippen LogP contribution in [0.2, 0.25) is 0 Å². The quantitative estimate of drug-likeness (QED) is 0.751. The lowest BCUT2D eigenvalue weighted by molar-refractivity contribution is -0.120.